The Kier molecular flexibility index (Phi) is 5.67. The second-order valence-electron chi connectivity index (χ2n) is 6.13. The van der Waals surface area contributed by atoms with Crippen LogP contribution in [0.5, 0.6) is 5.75 Å². The molecule has 0 aliphatic heterocycles. The molecule has 1 heterocycles. The first-order valence-electron chi connectivity index (χ1n) is 8.47. The molecule has 2 amide bonds. The van der Waals surface area contributed by atoms with E-state index in [0.29, 0.717) is 28.4 Å². The molecule has 0 saturated heterocycles. The molecular formula is C20H16F3N3O3. The third kappa shape index (κ3) is 4.29. The highest BCUT2D eigenvalue weighted by Crippen LogP contribution is 2.22. The quantitative estimate of drug-likeness (QED) is 0.641. The molecule has 3 rings (SSSR count). The molecule has 0 atom stereocenters. The normalized spacial score (nSPS) is 10.7. The molecule has 0 radical (unpaired) electrons. The number of pyridine rings is 1. The van der Waals surface area contributed by atoms with Crippen molar-refractivity contribution < 1.29 is 27.5 Å². The predicted molar refractivity (Wildman–Crippen MR) is 100 cm³/mol. The summed E-state index contributed by atoms with van der Waals surface area (Å²) >= 11 is 0. The third-order valence-electron chi connectivity index (χ3n) is 4.18. The standard InChI is InChI=1S/C20H16F3N3O3/c1-10-13(7-11-3-4-12(29-2)8-16(11)25-10)20(28)24-9-17(27)26-15-6-5-14(21)18(22)19(15)23/h3-8H,9H2,1-2H3,(H,24,28)(H,26,27). The largest absolute Gasteiger partial charge is 0.497 e. The number of carbonyl (C=O) groups is 2. The molecule has 0 saturated carbocycles. The lowest BCUT2D eigenvalue weighted by atomic mass is 10.1. The zero-order valence-corrected chi connectivity index (χ0v) is 15.5. The molecule has 0 bridgehead atoms. The van der Waals surface area contributed by atoms with E-state index in [1.807, 2.05) is 0 Å². The van der Waals surface area contributed by atoms with Crippen LogP contribution in [0.4, 0.5) is 18.9 Å². The number of aryl methyl sites for hydroxylation is 1. The second-order valence-corrected chi connectivity index (χ2v) is 6.13. The minimum absolute atomic E-state index is 0.259. The number of rotatable bonds is 5. The van der Waals surface area contributed by atoms with Gasteiger partial charge in [-0.25, -0.2) is 13.2 Å². The van der Waals surface area contributed by atoms with E-state index < -0.39 is 41.5 Å². The highest BCUT2D eigenvalue weighted by molar-refractivity contribution is 6.01. The van der Waals surface area contributed by atoms with E-state index in [4.69, 9.17) is 4.74 Å². The van der Waals surface area contributed by atoms with E-state index in [-0.39, 0.29) is 5.56 Å². The Morgan fingerprint density at radius 3 is 2.55 bits per heavy atom. The van der Waals surface area contributed by atoms with Crippen molar-refractivity contribution in [1.29, 1.82) is 0 Å². The van der Waals surface area contributed by atoms with Crippen molar-refractivity contribution >= 4 is 28.4 Å². The van der Waals surface area contributed by atoms with Crippen LogP contribution < -0.4 is 15.4 Å². The molecule has 2 aromatic carbocycles. The number of methoxy groups -OCH3 is 1. The average Bonchev–Trinajstić information content (AvgIpc) is 2.71. The summed E-state index contributed by atoms with van der Waals surface area (Å²) in [7, 11) is 1.53. The van der Waals surface area contributed by atoms with Crippen LogP contribution in [0.1, 0.15) is 16.1 Å². The first kappa shape index (κ1) is 20.1. The van der Waals surface area contributed by atoms with Gasteiger partial charge in [-0.3, -0.25) is 14.6 Å². The lowest BCUT2D eigenvalue weighted by Crippen LogP contribution is -2.33. The molecule has 0 unspecified atom stereocenters. The van der Waals surface area contributed by atoms with Gasteiger partial charge < -0.3 is 15.4 Å². The summed E-state index contributed by atoms with van der Waals surface area (Å²) in [5, 5.41) is 5.17. The van der Waals surface area contributed by atoms with Gasteiger partial charge in [-0.05, 0) is 37.3 Å². The number of halogens is 3. The van der Waals surface area contributed by atoms with E-state index in [1.54, 1.807) is 31.2 Å². The Balaban J connectivity index is 1.69. The fourth-order valence-electron chi connectivity index (χ4n) is 2.67. The number of benzene rings is 2. The Labute approximate surface area is 163 Å². The number of hydrogen-bond acceptors (Lipinski definition) is 4. The number of carbonyl (C=O) groups excluding carboxylic acids is 2. The molecule has 0 aliphatic carbocycles. The van der Waals surface area contributed by atoms with Crippen molar-refractivity contribution in [3.8, 4) is 5.75 Å². The molecule has 0 aliphatic rings. The number of aromatic nitrogens is 1. The van der Waals surface area contributed by atoms with E-state index in [0.717, 1.165) is 6.07 Å². The van der Waals surface area contributed by atoms with Crippen LogP contribution >= 0.6 is 0 Å². The maximum atomic E-state index is 13.6. The lowest BCUT2D eigenvalue weighted by molar-refractivity contribution is -0.115. The first-order chi connectivity index (χ1) is 13.8. The summed E-state index contributed by atoms with van der Waals surface area (Å²) in [6.07, 6.45) is 0. The molecule has 0 spiro atoms. The molecule has 3 aromatic rings. The van der Waals surface area contributed by atoms with Crippen molar-refractivity contribution in [3.05, 3.63) is 65.1 Å². The van der Waals surface area contributed by atoms with Crippen molar-refractivity contribution in [2.75, 3.05) is 19.0 Å². The Bertz CT molecular complexity index is 1120. The van der Waals surface area contributed by atoms with Gasteiger partial charge in [-0.15, -0.1) is 0 Å². The van der Waals surface area contributed by atoms with Gasteiger partial charge in [0.25, 0.3) is 5.91 Å². The number of anilines is 1. The Hall–Kier alpha value is -3.62. The Morgan fingerprint density at radius 1 is 1.07 bits per heavy atom. The van der Waals surface area contributed by atoms with E-state index >= 15 is 0 Å². The van der Waals surface area contributed by atoms with Crippen LogP contribution in [-0.2, 0) is 4.79 Å². The number of amides is 2. The van der Waals surface area contributed by atoms with Crippen molar-refractivity contribution in [2.24, 2.45) is 0 Å². The van der Waals surface area contributed by atoms with Crippen LogP contribution in [0, 0.1) is 24.4 Å². The first-order valence-corrected chi connectivity index (χ1v) is 8.47. The number of hydrogen-bond donors (Lipinski definition) is 2. The van der Waals surface area contributed by atoms with Crippen LogP contribution in [0.2, 0.25) is 0 Å². The minimum atomic E-state index is -1.69. The highest BCUT2D eigenvalue weighted by Gasteiger charge is 2.17. The SMILES string of the molecule is COc1ccc2cc(C(=O)NCC(=O)Nc3ccc(F)c(F)c3F)c(C)nc2c1. The van der Waals surface area contributed by atoms with Crippen LogP contribution in [0.25, 0.3) is 10.9 Å². The van der Waals surface area contributed by atoms with Gasteiger partial charge in [0.05, 0.1) is 36.1 Å². The fraction of sp³-hybridized carbons (Fsp3) is 0.150. The topological polar surface area (TPSA) is 80.3 Å². The second kappa shape index (κ2) is 8.17. The summed E-state index contributed by atoms with van der Waals surface area (Å²) in [6.45, 7) is 1.14. The van der Waals surface area contributed by atoms with E-state index in [1.165, 1.54) is 7.11 Å². The molecule has 0 fully saturated rings. The lowest BCUT2D eigenvalue weighted by Gasteiger charge is -2.10. The Morgan fingerprint density at radius 2 is 1.83 bits per heavy atom. The smallest absolute Gasteiger partial charge is 0.253 e. The predicted octanol–water partition coefficient (Wildman–Crippen LogP) is 3.34. The number of ether oxygens (including phenoxy) is 1. The summed E-state index contributed by atoms with van der Waals surface area (Å²) in [4.78, 5) is 28.7. The van der Waals surface area contributed by atoms with Gasteiger partial charge in [0.1, 0.15) is 5.75 Å². The molecule has 6 nitrogen and oxygen atoms in total. The van der Waals surface area contributed by atoms with Gasteiger partial charge in [0, 0.05) is 11.5 Å². The third-order valence-corrected chi connectivity index (χ3v) is 4.18. The van der Waals surface area contributed by atoms with Gasteiger partial charge in [0.2, 0.25) is 5.91 Å². The highest BCUT2D eigenvalue weighted by atomic mass is 19.2. The minimum Gasteiger partial charge on any atom is -0.497 e. The van der Waals surface area contributed by atoms with Gasteiger partial charge in [-0.1, -0.05) is 0 Å². The van der Waals surface area contributed by atoms with Crippen LogP contribution in [0.15, 0.2) is 36.4 Å². The average molecular weight is 403 g/mol. The summed E-state index contributed by atoms with van der Waals surface area (Å²) in [6, 6.07) is 8.40. The summed E-state index contributed by atoms with van der Waals surface area (Å²) in [5.41, 5.74) is 0.815. The summed E-state index contributed by atoms with van der Waals surface area (Å²) in [5.74, 6) is -5.32. The molecule has 29 heavy (non-hydrogen) atoms. The number of nitrogens with one attached hydrogen (secondary N) is 2. The monoisotopic (exact) mass is 403 g/mol. The molecule has 2 N–H and O–H groups in total. The maximum Gasteiger partial charge on any atom is 0.253 e. The van der Waals surface area contributed by atoms with E-state index in [9.17, 15) is 22.8 Å². The van der Waals surface area contributed by atoms with Crippen LogP contribution in [0.3, 0.4) is 0 Å². The van der Waals surface area contributed by atoms with Crippen molar-refractivity contribution in [2.45, 2.75) is 6.92 Å². The molecule has 9 heteroatoms. The van der Waals surface area contributed by atoms with Gasteiger partial charge in [-0.2, -0.15) is 0 Å². The summed E-state index contributed by atoms with van der Waals surface area (Å²) < 4.78 is 44.9. The van der Waals surface area contributed by atoms with Crippen LogP contribution in [-0.4, -0.2) is 30.5 Å². The maximum absolute atomic E-state index is 13.6. The number of fused-ring (bicyclic) bond motifs is 1. The number of nitrogens with zero attached hydrogens (tertiary/aromatic N) is 1. The molecule has 1 aromatic heterocycles. The van der Waals surface area contributed by atoms with Gasteiger partial charge >= 0.3 is 0 Å². The van der Waals surface area contributed by atoms with Crippen molar-refractivity contribution in [3.63, 3.8) is 0 Å². The zero-order valence-electron chi connectivity index (χ0n) is 15.5. The van der Waals surface area contributed by atoms with Gasteiger partial charge in [0.15, 0.2) is 17.5 Å². The molecular weight excluding hydrogens is 387 g/mol. The van der Waals surface area contributed by atoms with E-state index in [2.05, 4.69) is 15.6 Å². The zero-order chi connectivity index (χ0) is 21.1. The fourth-order valence-corrected chi connectivity index (χ4v) is 2.67. The molecule has 150 valence electrons. The van der Waals surface area contributed by atoms with Crippen molar-refractivity contribution in [1.82, 2.24) is 10.3 Å².